The maximum Gasteiger partial charge on any atom is 0.335 e. The summed E-state index contributed by atoms with van der Waals surface area (Å²) in [5.74, 6) is -1.05. The van der Waals surface area contributed by atoms with Crippen LogP contribution in [0.15, 0.2) is 76.8 Å². The summed E-state index contributed by atoms with van der Waals surface area (Å²) in [6.45, 7) is 2.32. The van der Waals surface area contributed by atoms with Crippen molar-refractivity contribution in [3.63, 3.8) is 0 Å². The molecule has 0 saturated carbocycles. The molecule has 4 rings (SSSR count). The highest BCUT2D eigenvalue weighted by Crippen LogP contribution is 2.29. The smallest absolute Gasteiger partial charge is 0.335 e. The molecule has 6 nitrogen and oxygen atoms in total. The highest BCUT2D eigenvalue weighted by atomic mass is 79.9. The van der Waals surface area contributed by atoms with Gasteiger partial charge in [0, 0.05) is 15.1 Å². The second kappa shape index (κ2) is 9.60. The first-order valence-corrected chi connectivity index (χ1v) is 11.1. The average Bonchev–Trinajstić information content (AvgIpc) is 2.77. The van der Waals surface area contributed by atoms with Gasteiger partial charge in [-0.15, -0.1) is 0 Å². The molecule has 1 N–H and O–H groups in total. The Kier molecular flexibility index (Phi) is 6.62. The van der Waals surface area contributed by atoms with Crippen LogP contribution in [0.3, 0.4) is 0 Å². The van der Waals surface area contributed by atoms with Crippen LogP contribution >= 0.6 is 27.5 Å². The predicted octanol–water partition coefficient (Wildman–Crippen LogP) is 5.66. The van der Waals surface area contributed by atoms with Crippen LogP contribution in [0.1, 0.15) is 16.7 Å². The lowest BCUT2D eigenvalue weighted by Crippen LogP contribution is -2.54. The van der Waals surface area contributed by atoms with Crippen molar-refractivity contribution in [2.75, 3.05) is 4.90 Å². The molecule has 0 unspecified atom stereocenters. The molecule has 0 aliphatic carbocycles. The molecule has 1 aliphatic heterocycles. The molecule has 33 heavy (non-hydrogen) atoms. The first-order valence-electron chi connectivity index (χ1n) is 9.97. The summed E-state index contributed by atoms with van der Waals surface area (Å²) in [4.78, 5) is 39.0. The fourth-order valence-electron chi connectivity index (χ4n) is 3.27. The van der Waals surface area contributed by atoms with Crippen molar-refractivity contribution in [2.24, 2.45) is 0 Å². The zero-order valence-electron chi connectivity index (χ0n) is 17.5. The molecule has 1 saturated heterocycles. The summed E-state index contributed by atoms with van der Waals surface area (Å²) < 4.78 is 6.71. The number of benzene rings is 3. The van der Waals surface area contributed by atoms with Crippen molar-refractivity contribution in [3.8, 4) is 5.75 Å². The Hall–Kier alpha value is -3.42. The lowest BCUT2D eigenvalue weighted by molar-refractivity contribution is -0.122. The lowest BCUT2D eigenvalue weighted by Gasteiger charge is -2.26. The van der Waals surface area contributed by atoms with Crippen LogP contribution in [0.5, 0.6) is 5.75 Å². The van der Waals surface area contributed by atoms with Gasteiger partial charge in [-0.3, -0.25) is 14.9 Å². The second-order valence-electron chi connectivity index (χ2n) is 7.39. The summed E-state index contributed by atoms with van der Waals surface area (Å²) in [7, 11) is 0. The summed E-state index contributed by atoms with van der Waals surface area (Å²) in [5.41, 5.74) is 2.69. The van der Waals surface area contributed by atoms with Crippen LogP contribution in [0.4, 0.5) is 10.5 Å². The number of imide groups is 2. The molecular formula is C25H18BrClN2O4. The van der Waals surface area contributed by atoms with Gasteiger partial charge in [-0.1, -0.05) is 63.4 Å². The van der Waals surface area contributed by atoms with Crippen molar-refractivity contribution in [1.29, 1.82) is 0 Å². The number of nitrogens with one attached hydrogen (secondary N) is 1. The van der Waals surface area contributed by atoms with Gasteiger partial charge in [0.25, 0.3) is 11.8 Å². The number of halogens is 2. The predicted molar refractivity (Wildman–Crippen MR) is 130 cm³/mol. The number of carbonyl (C=O) groups is 3. The van der Waals surface area contributed by atoms with E-state index < -0.39 is 17.8 Å². The van der Waals surface area contributed by atoms with Crippen molar-refractivity contribution in [1.82, 2.24) is 5.32 Å². The van der Waals surface area contributed by atoms with Gasteiger partial charge in [-0.2, -0.15) is 0 Å². The van der Waals surface area contributed by atoms with Crippen LogP contribution in [-0.4, -0.2) is 17.8 Å². The van der Waals surface area contributed by atoms with E-state index in [-0.39, 0.29) is 11.3 Å². The minimum absolute atomic E-state index is 0.201. The Morgan fingerprint density at radius 1 is 1.03 bits per heavy atom. The second-order valence-corrected chi connectivity index (χ2v) is 8.75. The largest absolute Gasteiger partial charge is 0.488 e. The zero-order valence-corrected chi connectivity index (χ0v) is 19.8. The topological polar surface area (TPSA) is 75.7 Å². The molecule has 0 spiro atoms. The van der Waals surface area contributed by atoms with Crippen molar-refractivity contribution in [3.05, 3.63) is 98.5 Å². The Bertz CT molecular complexity index is 1290. The Morgan fingerprint density at radius 2 is 1.79 bits per heavy atom. The van der Waals surface area contributed by atoms with Gasteiger partial charge in [0.15, 0.2) is 0 Å². The van der Waals surface area contributed by atoms with Gasteiger partial charge >= 0.3 is 6.03 Å². The number of barbiturate groups is 1. The summed E-state index contributed by atoms with van der Waals surface area (Å²) >= 11 is 9.43. The Labute approximate surface area is 203 Å². The quantitative estimate of drug-likeness (QED) is 0.345. The van der Waals surface area contributed by atoms with E-state index in [9.17, 15) is 14.4 Å². The van der Waals surface area contributed by atoms with E-state index in [2.05, 4.69) is 21.2 Å². The first-order chi connectivity index (χ1) is 15.8. The van der Waals surface area contributed by atoms with Gasteiger partial charge < -0.3 is 4.74 Å². The number of hydrogen-bond donors (Lipinski definition) is 1. The molecule has 1 fully saturated rings. The zero-order chi connectivity index (χ0) is 23.5. The fraction of sp³-hybridized carbons (Fsp3) is 0.0800. The maximum absolute atomic E-state index is 13.2. The van der Waals surface area contributed by atoms with Gasteiger partial charge in [-0.25, -0.2) is 9.69 Å². The molecule has 0 radical (unpaired) electrons. The minimum Gasteiger partial charge on any atom is -0.488 e. The average molecular weight is 526 g/mol. The number of hydrogen-bond acceptors (Lipinski definition) is 4. The molecule has 4 amide bonds. The number of carbonyl (C=O) groups excluding carboxylic acids is 3. The molecule has 1 aliphatic rings. The number of aryl methyl sites for hydroxylation is 1. The van der Waals surface area contributed by atoms with Crippen molar-refractivity contribution < 1.29 is 19.1 Å². The van der Waals surface area contributed by atoms with Crippen LogP contribution in [0.25, 0.3) is 6.08 Å². The number of amides is 4. The minimum atomic E-state index is -0.838. The highest BCUT2D eigenvalue weighted by Gasteiger charge is 2.37. The summed E-state index contributed by atoms with van der Waals surface area (Å²) in [5, 5.41) is 2.56. The Morgan fingerprint density at radius 3 is 2.52 bits per heavy atom. The number of ether oxygens (including phenoxy) is 1. The molecule has 8 heteroatoms. The Balaban J connectivity index is 1.67. The number of anilines is 1. The number of rotatable bonds is 5. The maximum atomic E-state index is 13.2. The van der Waals surface area contributed by atoms with Crippen LogP contribution < -0.4 is 15.0 Å². The van der Waals surface area contributed by atoms with Gasteiger partial charge in [0.2, 0.25) is 0 Å². The third-order valence-electron chi connectivity index (χ3n) is 4.95. The van der Waals surface area contributed by atoms with E-state index >= 15 is 0 Å². The van der Waals surface area contributed by atoms with Gasteiger partial charge in [0.05, 0.1) is 5.69 Å². The van der Waals surface area contributed by atoms with Crippen LogP contribution in [-0.2, 0) is 16.2 Å². The molecule has 0 atom stereocenters. The molecule has 166 valence electrons. The molecule has 0 aromatic heterocycles. The highest BCUT2D eigenvalue weighted by molar-refractivity contribution is 9.10. The SMILES string of the molecule is Cc1ccc(COc2ccc(Br)cc2/C=C2\C(=O)NC(=O)N(c3cccc(Cl)c3)C2=O)cc1. The van der Waals surface area contributed by atoms with Crippen LogP contribution in [0, 0.1) is 6.92 Å². The normalized spacial score (nSPS) is 15.1. The molecular weight excluding hydrogens is 508 g/mol. The number of nitrogens with zero attached hydrogens (tertiary/aromatic N) is 1. The summed E-state index contributed by atoms with van der Waals surface area (Å²) in [6, 6.07) is 18.7. The van der Waals surface area contributed by atoms with E-state index in [1.165, 1.54) is 12.1 Å². The van der Waals surface area contributed by atoms with E-state index in [0.29, 0.717) is 22.9 Å². The van der Waals surface area contributed by atoms with Crippen LogP contribution in [0.2, 0.25) is 5.02 Å². The van der Waals surface area contributed by atoms with E-state index in [4.69, 9.17) is 16.3 Å². The van der Waals surface area contributed by atoms with Gasteiger partial charge in [-0.05, 0) is 55.0 Å². The van der Waals surface area contributed by atoms with E-state index in [0.717, 1.165) is 20.5 Å². The molecule has 3 aromatic rings. The number of urea groups is 1. The van der Waals surface area contributed by atoms with E-state index in [1.54, 1.807) is 36.4 Å². The third-order valence-corrected chi connectivity index (χ3v) is 5.68. The molecule has 3 aromatic carbocycles. The standard InChI is InChI=1S/C25H18BrClN2O4/c1-15-5-7-16(8-6-15)14-33-22-10-9-18(26)11-17(22)12-21-23(30)28-25(32)29(24(21)31)20-4-2-3-19(27)13-20/h2-13H,14H2,1H3,(H,28,30,32)/b21-12+. The molecule has 0 bridgehead atoms. The monoisotopic (exact) mass is 524 g/mol. The fourth-order valence-corrected chi connectivity index (χ4v) is 3.83. The lowest BCUT2D eigenvalue weighted by atomic mass is 10.1. The first kappa shape index (κ1) is 22.8. The van der Waals surface area contributed by atoms with E-state index in [1.807, 2.05) is 31.2 Å². The van der Waals surface area contributed by atoms with Crippen molar-refractivity contribution >= 4 is 57.1 Å². The van der Waals surface area contributed by atoms with Gasteiger partial charge in [0.1, 0.15) is 17.9 Å². The molecule has 1 heterocycles. The van der Waals surface area contributed by atoms with Crippen molar-refractivity contribution in [2.45, 2.75) is 13.5 Å². The summed E-state index contributed by atoms with van der Waals surface area (Å²) in [6.07, 6.45) is 1.41. The third kappa shape index (κ3) is 5.16.